The lowest BCUT2D eigenvalue weighted by Gasteiger charge is -2.19. The van der Waals surface area contributed by atoms with Gasteiger partial charge in [-0.05, 0) is 29.8 Å². The largest absolute Gasteiger partial charge is 0.463 e. The second-order valence-corrected chi connectivity index (χ2v) is 3.47. The molecule has 0 aliphatic carbocycles. The van der Waals surface area contributed by atoms with E-state index < -0.39 is 16.7 Å². The molecule has 0 spiro atoms. The molecule has 0 heterocycles. The van der Waals surface area contributed by atoms with E-state index in [2.05, 4.69) is 20.7 Å². The van der Waals surface area contributed by atoms with Crippen LogP contribution in [0.2, 0.25) is 0 Å². The fraction of sp³-hybridized carbons (Fsp3) is 0.625. The Morgan fingerprint density at radius 2 is 2.38 bits per heavy atom. The summed E-state index contributed by atoms with van der Waals surface area (Å²) in [5.74, 6) is -1.12. The van der Waals surface area contributed by atoms with Crippen LogP contribution in [0, 0.1) is 0 Å². The number of halogens is 2. The van der Waals surface area contributed by atoms with Gasteiger partial charge in [0.2, 0.25) is 0 Å². The second-order valence-electron chi connectivity index (χ2n) is 2.31. The number of alkyl halides is 2. The molecule has 0 saturated heterocycles. The van der Waals surface area contributed by atoms with Crippen molar-refractivity contribution in [2.45, 2.75) is 24.5 Å². The van der Waals surface area contributed by atoms with Crippen molar-refractivity contribution < 1.29 is 19.0 Å². The van der Waals surface area contributed by atoms with Crippen molar-refractivity contribution in [1.82, 2.24) is 0 Å². The summed E-state index contributed by atoms with van der Waals surface area (Å²) in [6.45, 7) is 3.24. The Morgan fingerprint density at radius 3 is 2.77 bits per heavy atom. The maximum Gasteiger partial charge on any atom is 0.358 e. The van der Waals surface area contributed by atoms with Gasteiger partial charge in [0.15, 0.2) is 0 Å². The summed E-state index contributed by atoms with van der Waals surface area (Å²) in [5.41, 5.74) is 0. The Bertz CT molecular complexity index is 204. The molecule has 0 aromatic heterocycles. The molecule has 0 aromatic carbocycles. The van der Waals surface area contributed by atoms with Crippen molar-refractivity contribution in [2.24, 2.45) is 0 Å². The number of carbonyl (C=O) groups is 1. The third kappa shape index (κ3) is 3.44. The summed E-state index contributed by atoms with van der Waals surface area (Å²) in [4.78, 5) is 10.9. The summed E-state index contributed by atoms with van der Waals surface area (Å²) in [6.07, 6.45) is 1.06. The lowest BCUT2D eigenvalue weighted by molar-refractivity contribution is -0.154. The number of ether oxygens (including phenoxy) is 1. The highest BCUT2D eigenvalue weighted by molar-refractivity contribution is 9.10. The zero-order valence-electron chi connectivity index (χ0n) is 7.46. The Labute approximate surface area is 84.7 Å². The van der Waals surface area contributed by atoms with E-state index >= 15 is 0 Å². The number of esters is 1. The van der Waals surface area contributed by atoms with E-state index in [4.69, 9.17) is 5.11 Å². The number of carbonyl (C=O) groups excluding carboxylic acids is 1. The van der Waals surface area contributed by atoms with Gasteiger partial charge in [-0.3, -0.25) is 0 Å². The summed E-state index contributed by atoms with van der Waals surface area (Å²) in [6, 6.07) is 0. The molecule has 0 amide bonds. The van der Waals surface area contributed by atoms with Crippen LogP contribution >= 0.6 is 15.9 Å². The van der Waals surface area contributed by atoms with Crippen LogP contribution in [0.3, 0.4) is 0 Å². The quantitative estimate of drug-likeness (QED) is 0.471. The van der Waals surface area contributed by atoms with Gasteiger partial charge in [-0.15, -0.1) is 0 Å². The number of rotatable bonds is 4. The lowest BCUT2D eigenvalue weighted by Crippen LogP contribution is -2.40. The number of aliphatic hydroxyl groups is 1. The van der Waals surface area contributed by atoms with E-state index in [0.717, 1.165) is 6.08 Å². The first-order valence-corrected chi connectivity index (χ1v) is 4.62. The third-order valence-corrected chi connectivity index (χ3v) is 2.09. The van der Waals surface area contributed by atoms with Crippen LogP contribution in [0.15, 0.2) is 12.2 Å². The van der Waals surface area contributed by atoms with Crippen molar-refractivity contribution in [3.63, 3.8) is 0 Å². The minimum absolute atomic E-state index is 0.0681. The van der Waals surface area contributed by atoms with Crippen LogP contribution in [0.25, 0.3) is 0 Å². The molecule has 1 N–H and O–H groups in total. The van der Waals surface area contributed by atoms with E-state index in [-0.39, 0.29) is 6.61 Å². The Hall–Kier alpha value is -0.420. The van der Waals surface area contributed by atoms with Crippen LogP contribution in [0.4, 0.5) is 4.39 Å². The van der Waals surface area contributed by atoms with Crippen LogP contribution in [-0.2, 0) is 9.53 Å². The zero-order valence-corrected chi connectivity index (χ0v) is 9.04. The fourth-order valence-electron chi connectivity index (χ4n) is 0.651. The summed E-state index contributed by atoms with van der Waals surface area (Å²) >= 11 is 2.47. The molecule has 0 aromatic rings. The molecule has 3 nitrogen and oxygen atoms in total. The van der Waals surface area contributed by atoms with Crippen molar-refractivity contribution >= 4 is 21.9 Å². The molecule has 0 saturated carbocycles. The highest BCUT2D eigenvalue weighted by Crippen LogP contribution is 2.27. The Balaban J connectivity index is 4.44. The first kappa shape index (κ1) is 12.6. The van der Waals surface area contributed by atoms with Crippen molar-refractivity contribution in [2.75, 3.05) is 6.61 Å². The number of allylic oxidation sites excluding steroid dienone is 1. The van der Waals surface area contributed by atoms with E-state index in [0.29, 0.717) is 0 Å². The number of aliphatic hydroxyl groups excluding tert-OH is 1. The number of hydrogen-bond donors (Lipinski definition) is 1. The van der Waals surface area contributed by atoms with Gasteiger partial charge < -0.3 is 9.84 Å². The van der Waals surface area contributed by atoms with Crippen LogP contribution in [0.1, 0.15) is 13.8 Å². The minimum atomic E-state index is -2.56. The first-order chi connectivity index (χ1) is 5.96. The topological polar surface area (TPSA) is 46.5 Å². The highest BCUT2D eigenvalue weighted by atomic mass is 79.9. The predicted octanol–water partition coefficient (Wildman–Crippen LogP) is 1.55. The van der Waals surface area contributed by atoms with Crippen molar-refractivity contribution in [3.8, 4) is 0 Å². The van der Waals surface area contributed by atoms with E-state index in [9.17, 15) is 9.18 Å². The Morgan fingerprint density at radius 1 is 1.85 bits per heavy atom. The molecule has 13 heavy (non-hydrogen) atoms. The molecule has 0 aliphatic rings. The summed E-state index contributed by atoms with van der Waals surface area (Å²) < 4.78 is 15.3. The second kappa shape index (κ2) is 5.34. The molecule has 2 atom stereocenters. The molecule has 0 aliphatic heterocycles. The molecule has 76 valence electrons. The zero-order chi connectivity index (χ0) is 10.5. The van der Waals surface area contributed by atoms with E-state index in [1.807, 2.05) is 0 Å². The van der Waals surface area contributed by atoms with Gasteiger partial charge in [0, 0.05) is 0 Å². The first-order valence-electron chi connectivity index (χ1n) is 3.82. The van der Waals surface area contributed by atoms with E-state index in [1.165, 1.54) is 6.08 Å². The molecule has 5 heteroatoms. The standard InChI is InChI=1S/C8H12BrFO3/c1-3-5-6(11)8(9,10)7(12)13-4-2/h3,5-6,11H,4H2,1-2H3/b5-3+/t6-,8+/m1/s1. The van der Waals surface area contributed by atoms with Gasteiger partial charge in [0.1, 0.15) is 6.10 Å². The monoisotopic (exact) mass is 254 g/mol. The van der Waals surface area contributed by atoms with Gasteiger partial charge >= 0.3 is 5.97 Å². The molecule has 0 fully saturated rings. The van der Waals surface area contributed by atoms with Gasteiger partial charge in [-0.1, -0.05) is 12.2 Å². The average molecular weight is 255 g/mol. The fourth-order valence-corrected chi connectivity index (χ4v) is 0.918. The Kier molecular flexibility index (Phi) is 5.17. The smallest absolute Gasteiger partial charge is 0.358 e. The van der Waals surface area contributed by atoms with Gasteiger partial charge in [-0.25, -0.2) is 9.18 Å². The minimum Gasteiger partial charge on any atom is -0.463 e. The van der Waals surface area contributed by atoms with Crippen LogP contribution < -0.4 is 0 Å². The SMILES string of the molecule is C/C=C/[C@@H](O)[C@@](F)(Br)C(=O)OCC. The molecule has 0 bridgehead atoms. The van der Waals surface area contributed by atoms with Crippen molar-refractivity contribution in [3.05, 3.63) is 12.2 Å². The molecule has 0 unspecified atom stereocenters. The normalized spacial score (nSPS) is 18.2. The third-order valence-electron chi connectivity index (χ3n) is 1.29. The van der Waals surface area contributed by atoms with Crippen LogP contribution in [0.5, 0.6) is 0 Å². The average Bonchev–Trinajstić information content (AvgIpc) is 2.05. The lowest BCUT2D eigenvalue weighted by atomic mass is 10.2. The van der Waals surface area contributed by atoms with Gasteiger partial charge in [0.05, 0.1) is 6.61 Å². The molecular weight excluding hydrogens is 243 g/mol. The van der Waals surface area contributed by atoms with Gasteiger partial charge in [-0.2, -0.15) is 0 Å². The molecule has 0 rings (SSSR count). The molecular formula is C8H12BrFO3. The van der Waals surface area contributed by atoms with Crippen molar-refractivity contribution in [1.29, 1.82) is 0 Å². The number of hydrogen-bond acceptors (Lipinski definition) is 3. The molecule has 0 radical (unpaired) electrons. The van der Waals surface area contributed by atoms with Crippen LogP contribution in [-0.4, -0.2) is 28.4 Å². The maximum absolute atomic E-state index is 13.4. The van der Waals surface area contributed by atoms with Gasteiger partial charge in [0.25, 0.3) is 4.58 Å². The summed E-state index contributed by atoms with van der Waals surface area (Å²) in [5, 5.41) is 9.16. The van der Waals surface area contributed by atoms with E-state index in [1.54, 1.807) is 13.8 Å². The highest BCUT2D eigenvalue weighted by Gasteiger charge is 2.43. The summed E-state index contributed by atoms with van der Waals surface area (Å²) in [7, 11) is 0. The predicted molar refractivity (Wildman–Crippen MR) is 50.2 cm³/mol. The maximum atomic E-state index is 13.4.